The Kier molecular flexibility index (Phi) is 4.48. The van der Waals surface area contributed by atoms with Gasteiger partial charge in [0.2, 0.25) is 0 Å². The number of aryl methyl sites for hydroxylation is 1. The number of benzene rings is 2. The summed E-state index contributed by atoms with van der Waals surface area (Å²) in [6, 6.07) is 14.0. The van der Waals surface area contributed by atoms with Crippen LogP contribution in [0.5, 0.6) is 5.75 Å². The van der Waals surface area contributed by atoms with Crippen LogP contribution in [0.2, 0.25) is 0 Å². The van der Waals surface area contributed by atoms with Crippen molar-refractivity contribution in [2.45, 2.75) is 19.9 Å². The minimum absolute atomic E-state index is 0.596. The van der Waals surface area contributed by atoms with Crippen molar-refractivity contribution in [3.05, 3.63) is 42.5 Å². The highest BCUT2D eigenvalue weighted by Crippen LogP contribution is 2.30. The lowest BCUT2D eigenvalue weighted by atomic mass is 10.1. The first-order valence-electron chi connectivity index (χ1n) is 7.92. The van der Waals surface area contributed by atoms with Crippen LogP contribution >= 0.6 is 0 Å². The van der Waals surface area contributed by atoms with Crippen LogP contribution in [0.25, 0.3) is 22.4 Å². The summed E-state index contributed by atoms with van der Waals surface area (Å²) in [5, 5.41) is 0. The van der Waals surface area contributed by atoms with Gasteiger partial charge in [0.15, 0.2) is 0 Å². The van der Waals surface area contributed by atoms with Gasteiger partial charge in [0.25, 0.3) is 0 Å². The lowest BCUT2D eigenvalue weighted by Crippen LogP contribution is -2.07. The van der Waals surface area contributed by atoms with Crippen LogP contribution in [0.4, 0.5) is 5.69 Å². The average molecular weight is 310 g/mol. The Morgan fingerprint density at radius 2 is 2.00 bits per heavy atom. The smallest absolute Gasteiger partial charge is 0.142 e. The number of fused-ring (bicyclic) bond motifs is 1. The Labute approximate surface area is 135 Å². The molecule has 0 aliphatic carbocycles. The lowest BCUT2D eigenvalue weighted by Gasteiger charge is -2.11. The molecule has 0 atom stereocenters. The fraction of sp³-hybridized carbons (Fsp3) is 0.278. The minimum Gasteiger partial charge on any atom is -0.492 e. The first kappa shape index (κ1) is 15.4. The van der Waals surface area contributed by atoms with Gasteiger partial charge >= 0.3 is 0 Å². The fourth-order valence-electron chi connectivity index (χ4n) is 2.75. The van der Waals surface area contributed by atoms with E-state index in [1.807, 2.05) is 43.3 Å². The van der Waals surface area contributed by atoms with Crippen molar-refractivity contribution < 1.29 is 4.74 Å². The standard InChI is InChI=1S/C18H22N4O/c1-2-23-17-9-8-13(12-14(17)20)18-21-15-6-3-4-7-16(15)22(18)11-5-10-19/h3-4,6-9,12H,2,5,10-11,19-20H2,1H3. The molecular formula is C18H22N4O. The molecule has 0 bridgehead atoms. The van der Waals surface area contributed by atoms with E-state index in [4.69, 9.17) is 21.2 Å². The first-order valence-corrected chi connectivity index (χ1v) is 7.92. The number of rotatable bonds is 6. The van der Waals surface area contributed by atoms with Crippen LogP contribution in [0.3, 0.4) is 0 Å². The summed E-state index contributed by atoms with van der Waals surface area (Å²) >= 11 is 0. The van der Waals surface area contributed by atoms with Gasteiger partial charge in [-0.1, -0.05) is 12.1 Å². The predicted octanol–water partition coefficient (Wildman–Crippen LogP) is 3.03. The highest BCUT2D eigenvalue weighted by atomic mass is 16.5. The quantitative estimate of drug-likeness (QED) is 0.686. The molecule has 5 heteroatoms. The normalized spacial score (nSPS) is 11.0. The minimum atomic E-state index is 0.596. The molecular weight excluding hydrogens is 288 g/mol. The van der Waals surface area contributed by atoms with E-state index >= 15 is 0 Å². The SMILES string of the molecule is CCOc1ccc(-c2nc3ccccc3n2CCCN)cc1N. The van der Waals surface area contributed by atoms with Gasteiger partial charge < -0.3 is 20.8 Å². The highest BCUT2D eigenvalue weighted by Gasteiger charge is 2.13. The van der Waals surface area contributed by atoms with Crippen molar-refractivity contribution in [3.63, 3.8) is 0 Å². The molecule has 0 radical (unpaired) electrons. The van der Waals surface area contributed by atoms with E-state index < -0.39 is 0 Å². The molecule has 3 rings (SSSR count). The van der Waals surface area contributed by atoms with E-state index in [9.17, 15) is 0 Å². The Bertz CT molecular complexity index is 810. The molecule has 0 fully saturated rings. The molecule has 120 valence electrons. The maximum Gasteiger partial charge on any atom is 0.142 e. The second-order valence-corrected chi connectivity index (χ2v) is 5.40. The van der Waals surface area contributed by atoms with E-state index in [0.29, 0.717) is 24.6 Å². The number of nitrogen functional groups attached to an aromatic ring is 1. The number of imidazole rings is 1. The third-order valence-electron chi connectivity index (χ3n) is 3.81. The Hall–Kier alpha value is -2.53. The van der Waals surface area contributed by atoms with E-state index in [1.54, 1.807) is 0 Å². The van der Waals surface area contributed by atoms with E-state index in [-0.39, 0.29) is 0 Å². The lowest BCUT2D eigenvalue weighted by molar-refractivity contribution is 0.342. The number of aromatic nitrogens is 2. The predicted molar refractivity (Wildman–Crippen MR) is 94.4 cm³/mol. The zero-order valence-electron chi connectivity index (χ0n) is 13.3. The molecule has 0 aliphatic heterocycles. The molecule has 0 saturated carbocycles. The van der Waals surface area contributed by atoms with Gasteiger partial charge in [-0.25, -0.2) is 4.98 Å². The number of hydrogen-bond acceptors (Lipinski definition) is 4. The van der Waals surface area contributed by atoms with Crippen molar-refractivity contribution in [1.29, 1.82) is 0 Å². The summed E-state index contributed by atoms with van der Waals surface area (Å²) in [6.45, 7) is 4.02. The second-order valence-electron chi connectivity index (χ2n) is 5.40. The molecule has 0 aliphatic rings. The van der Waals surface area contributed by atoms with Crippen LogP contribution in [0.1, 0.15) is 13.3 Å². The van der Waals surface area contributed by atoms with Gasteiger partial charge in [0, 0.05) is 12.1 Å². The third-order valence-corrected chi connectivity index (χ3v) is 3.81. The van der Waals surface area contributed by atoms with E-state index in [1.165, 1.54) is 0 Å². The summed E-state index contributed by atoms with van der Waals surface area (Å²) in [7, 11) is 0. The van der Waals surface area contributed by atoms with Gasteiger partial charge in [0.1, 0.15) is 11.6 Å². The molecule has 0 spiro atoms. The molecule has 0 saturated heterocycles. The van der Waals surface area contributed by atoms with Gasteiger partial charge in [-0.05, 0) is 50.2 Å². The number of ether oxygens (including phenoxy) is 1. The Morgan fingerprint density at radius 3 is 2.74 bits per heavy atom. The zero-order chi connectivity index (χ0) is 16.2. The van der Waals surface area contributed by atoms with Crippen molar-refractivity contribution in [2.24, 2.45) is 5.73 Å². The van der Waals surface area contributed by atoms with Gasteiger partial charge in [-0.2, -0.15) is 0 Å². The van der Waals surface area contributed by atoms with Gasteiger partial charge in [0.05, 0.1) is 23.3 Å². The zero-order valence-corrected chi connectivity index (χ0v) is 13.3. The van der Waals surface area contributed by atoms with E-state index in [2.05, 4.69) is 10.6 Å². The van der Waals surface area contributed by atoms with Crippen LogP contribution in [0, 0.1) is 0 Å². The van der Waals surface area contributed by atoms with Crippen LogP contribution in [-0.2, 0) is 6.54 Å². The molecule has 1 aromatic heterocycles. The van der Waals surface area contributed by atoms with Crippen molar-refractivity contribution in [2.75, 3.05) is 18.9 Å². The summed E-state index contributed by atoms with van der Waals surface area (Å²) in [5.74, 6) is 1.62. The molecule has 4 N–H and O–H groups in total. The monoisotopic (exact) mass is 310 g/mol. The summed E-state index contributed by atoms with van der Waals surface area (Å²) in [4.78, 5) is 4.78. The molecule has 5 nitrogen and oxygen atoms in total. The summed E-state index contributed by atoms with van der Waals surface area (Å²) in [6.07, 6.45) is 0.903. The maximum atomic E-state index is 6.11. The van der Waals surface area contributed by atoms with Crippen LogP contribution in [-0.4, -0.2) is 22.7 Å². The Balaban J connectivity index is 2.09. The molecule has 0 amide bonds. The number of anilines is 1. The number of para-hydroxylation sites is 2. The van der Waals surface area contributed by atoms with Crippen LogP contribution in [0.15, 0.2) is 42.5 Å². The van der Waals surface area contributed by atoms with Crippen molar-refractivity contribution in [1.82, 2.24) is 9.55 Å². The van der Waals surface area contributed by atoms with Gasteiger partial charge in [-0.15, -0.1) is 0 Å². The fourth-order valence-corrected chi connectivity index (χ4v) is 2.75. The third kappa shape index (κ3) is 3.00. The van der Waals surface area contributed by atoms with E-state index in [0.717, 1.165) is 35.4 Å². The molecule has 1 heterocycles. The van der Waals surface area contributed by atoms with Crippen LogP contribution < -0.4 is 16.2 Å². The molecule has 0 unspecified atom stereocenters. The largest absolute Gasteiger partial charge is 0.492 e. The molecule has 3 aromatic rings. The second kappa shape index (κ2) is 6.71. The Morgan fingerprint density at radius 1 is 1.17 bits per heavy atom. The van der Waals surface area contributed by atoms with Crippen molar-refractivity contribution in [3.8, 4) is 17.1 Å². The first-order chi connectivity index (χ1) is 11.2. The molecule has 23 heavy (non-hydrogen) atoms. The van der Waals surface area contributed by atoms with Gasteiger partial charge in [-0.3, -0.25) is 0 Å². The summed E-state index contributed by atoms with van der Waals surface area (Å²) in [5.41, 5.74) is 15.5. The number of nitrogens with two attached hydrogens (primary N) is 2. The molecule has 2 aromatic carbocycles. The number of nitrogens with zero attached hydrogens (tertiary/aromatic N) is 2. The highest BCUT2D eigenvalue weighted by molar-refractivity contribution is 5.81. The number of hydrogen-bond donors (Lipinski definition) is 2. The topological polar surface area (TPSA) is 79.1 Å². The summed E-state index contributed by atoms with van der Waals surface area (Å²) < 4.78 is 7.72. The average Bonchev–Trinajstić information content (AvgIpc) is 2.93. The maximum absolute atomic E-state index is 6.11. The van der Waals surface area contributed by atoms with Crippen molar-refractivity contribution >= 4 is 16.7 Å².